The summed E-state index contributed by atoms with van der Waals surface area (Å²) in [6, 6.07) is 9.21. The molecule has 0 amide bonds. The van der Waals surface area contributed by atoms with Crippen LogP contribution in [0.15, 0.2) is 54.6 Å². The van der Waals surface area contributed by atoms with Crippen molar-refractivity contribution in [3.63, 3.8) is 0 Å². The molecule has 8 aliphatic rings. The normalized spacial score (nSPS) is 37.2. The van der Waals surface area contributed by atoms with Crippen molar-refractivity contribution in [2.45, 2.75) is 318 Å². The Balaban J connectivity index is 1.35. The van der Waals surface area contributed by atoms with Gasteiger partial charge in [-0.15, -0.1) is 0 Å². The number of aliphatic hydroxyl groups excluding tert-OH is 1. The Morgan fingerprint density at radius 3 is 1.93 bits per heavy atom. The van der Waals surface area contributed by atoms with Gasteiger partial charge in [-0.1, -0.05) is 143 Å². The van der Waals surface area contributed by atoms with Gasteiger partial charge in [0.15, 0.2) is 25.0 Å². The lowest BCUT2D eigenvalue weighted by Gasteiger charge is -2.56. The molecule has 0 radical (unpaired) electrons. The average molecular weight is 1340 g/mol. The highest BCUT2D eigenvalue weighted by Crippen LogP contribution is 2.50. The molecule has 0 aromatic heterocycles. The molecule has 19 atom stereocenters. The largest absolute Gasteiger partial charge is 0.455 e. The van der Waals surface area contributed by atoms with Gasteiger partial charge in [0.25, 0.3) is 0 Å². The molecule has 1 aromatic carbocycles. The van der Waals surface area contributed by atoms with Gasteiger partial charge in [0, 0.05) is 43.1 Å². The van der Waals surface area contributed by atoms with Crippen LogP contribution in [-0.4, -0.2) is 151 Å². The monoisotopic (exact) mass is 1340 g/mol. The number of hydrogen-bond acceptors (Lipinski definition) is 13. The molecule has 5 saturated heterocycles. The summed E-state index contributed by atoms with van der Waals surface area (Å²) in [5.41, 5.74) is 0.754. The third-order valence-corrected chi connectivity index (χ3v) is 36.3. The second-order valence-corrected chi connectivity index (χ2v) is 46.0. The molecule has 1 N–H and O–H groups in total. The van der Waals surface area contributed by atoms with Crippen LogP contribution in [0.2, 0.25) is 54.4 Å². The van der Waals surface area contributed by atoms with Gasteiger partial charge in [-0.05, 0) is 141 Å². The van der Waals surface area contributed by atoms with Gasteiger partial charge in [-0.3, -0.25) is 4.79 Å². The molecular weight excluding hydrogens is 1220 g/mol. The number of carbonyl (C=O) groups is 2. The van der Waals surface area contributed by atoms with E-state index in [1.54, 1.807) is 19.2 Å². The average Bonchev–Trinajstić information content (AvgIpc) is 2.30. The van der Waals surface area contributed by atoms with Crippen molar-refractivity contribution in [3.8, 4) is 0 Å². The molecule has 1 aromatic rings. The molecule has 478 valence electrons. The summed E-state index contributed by atoms with van der Waals surface area (Å²) in [6.07, 6.45) is 5.74. The number of Topliss-reactive ketones (excluding diaryl/α,β-unsaturated/α-hetero) is 1. The fourth-order valence-corrected chi connectivity index (χ4v) is 17.7. The van der Waals surface area contributed by atoms with Crippen LogP contribution in [0.5, 0.6) is 0 Å². The fourth-order valence-electron chi connectivity index (χ4n) is 12.9. The number of halogens is 1. The first kappa shape index (κ1) is 70.3. The van der Waals surface area contributed by atoms with E-state index in [1.807, 2.05) is 24.3 Å². The number of hydrogen-bond donors (Lipinski definition) is 1. The molecule has 17 heteroatoms. The highest BCUT2D eigenvalue weighted by atomic mass is 127. The summed E-state index contributed by atoms with van der Waals surface area (Å²) in [4.78, 5) is 29.1. The SMILES string of the molecule is C=C1[C@H](C)C[C@H]2CC[C@@H]3O[C@@H](CCC(OC(=O)c4ccccc4)/C=C/[C@H](O[Si](C)(C)C(C)(C)C)[C@@H]4O[C@H]5CC[C@H](CC(=O)CC6[C@H](C[C@H]1O)O[C@H](CC(C)CC)[C@@H]6OC)O[C@@H]5[C@H](O[Si](C)(C)C(C)(C)C)[C@@H]4O[Si](C)(C)C(C)(C)C)C[C@]3(CI)O2. The molecule has 3 unspecified atom stereocenters. The number of aliphatic hydroxyl groups is 1. The van der Waals surface area contributed by atoms with E-state index in [0.29, 0.717) is 50.0 Å². The molecule has 8 heterocycles. The third-order valence-electron chi connectivity index (χ3n) is 21.5. The minimum absolute atomic E-state index is 0.0387. The van der Waals surface area contributed by atoms with Crippen LogP contribution in [0.1, 0.15) is 177 Å². The lowest BCUT2D eigenvalue weighted by molar-refractivity contribution is -0.266. The molecule has 84 heavy (non-hydrogen) atoms. The van der Waals surface area contributed by atoms with E-state index >= 15 is 0 Å². The Bertz CT molecular complexity index is 2370. The summed E-state index contributed by atoms with van der Waals surface area (Å²) in [5.74, 6) is -0.230. The number of ether oxygens (including phenoxy) is 7. The van der Waals surface area contributed by atoms with Crippen molar-refractivity contribution in [2.24, 2.45) is 17.8 Å². The number of rotatable bonds is 13. The minimum atomic E-state index is -2.64. The molecule has 0 aliphatic carbocycles. The molecule has 0 spiro atoms. The highest BCUT2D eigenvalue weighted by molar-refractivity contribution is 14.1. The number of benzene rings is 1. The summed E-state index contributed by atoms with van der Waals surface area (Å²) in [7, 11) is -6.10. The van der Waals surface area contributed by atoms with Gasteiger partial charge < -0.3 is 51.5 Å². The standard InChI is InChI=1S/C67H113IO13Si3/c1-21-42(2)35-56-58(72-14)51-38-46(69)37-48-30-32-53-59(74-48)61(80-83(17,18)65(8,9)10)62(81-84(19,20)66(11,12)13)60(77-53)54(79-82(15,16)64(5,6)7)33-29-47(75-63(71)45-25-23-22-24-26-45)27-28-50-40-67(41-68)57(73-50)34-31-49(78-67)36-43(3)44(4)52(70)39-55(51)76-56/h22-26,29,33,42-43,47-62,70H,4,21,27-28,30-32,34-41H2,1-3,5-20H3/b33-29+/t42?,43-,47?,48-,49-,50+,51?,52-,53+,54+,55+,56-,57+,58-,59+,60+,61+,62-,67-/m1/s1. The number of esters is 1. The molecule has 7 bridgehead atoms. The van der Waals surface area contributed by atoms with E-state index in [9.17, 15) is 14.7 Å². The molecule has 9 rings (SSSR count). The quantitative estimate of drug-likeness (QED) is 0.0658. The maximum Gasteiger partial charge on any atom is 0.338 e. The first-order valence-electron chi connectivity index (χ1n) is 32.3. The van der Waals surface area contributed by atoms with Gasteiger partial charge in [0.1, 0.15) is 41.9 Å². The van der Waals surface area contributed by atoms with Gasteiger partial charge in [-0.25, -0.2) is 4.79 Å². The van der Waals surface area contributed by atoms with Crippen molar-refractivity contribution in [3.05, 3.63) is 60.2 Å². The van der Waals surface area contributed by atoms with E-state index in [4.69, 9.17) is 46.4 Å². The van der Waals surface area contributed by atoms with E-state index in [0.717, 1.165) is 42.1 Å². The smallest absolute Gasteiger partial charge is 0.338 e. The zero-order chi connectivity index (χ0) is 62.1. The van der Waals surface area contributed by atoms with Crippen LogP contribution >= 0.6 is 22.6 Å². The highest BCUT2D eigenvalue weighted by Gasteiger charge is 2.59. The molecule has 13 nitrogen and oxygen atoms in total. The number of carbonyl (C=O) groups excluding carboxylic acids is 2. The van der Waals surface area contributed by atoms with E-state index in [1.165, 1.54) is 0 Å². The van der Waals surface area contributed by atoms with E-state index in [2.05, 4.69) is 158 Å². The summed E-state index contributed by atoms with van der Waals surface area (Å²) in [6.45, 7) is 45.2. The number of alkyl halides is 1. The first-order chi connectivity index (χ1) is 39.0. The second kappa shape index (κ2) is 28.1. The third kappa shape index (κ3) is 16.7. The minimum Gasteiger partial charge on any atom is -0.455 e. The lowest BCUT2D eigenvalue weighted by Crippen LogP contribution is -2.69. The fraction of sp³-hybridized carbons (Fsp3) is 0.821. The Hall–Kier alpha value is -1.18. The van der Waals surface area contributed by atoms with Gasteiger partial charge in [-0.2, -0.15) is 0 Å². The molecule has 0 saturated carbocycles. The zero-order valence-electron chi connectivity index (χ0n) is 55.3. The van der Waals surface area contributed by atoms with Crippen LogP contribution in [0, 0.1) is 17.8 Å². The van der Waals surface area contributed by atoms with Crippen molar-refractivity contribution < 1.29 is 61.1 Å². The maximum atomic E-state index is 14.9. The van der Waals surface area contributed by atoms with Crippen molar-refractivity contribution in [1.29, 1.82) is 0 Å². The van der Waals surface area contributed by atoms with E-state index < -0.39 is 97.6 Å². The summed E-state index contributed by atoms with van der Waals surface area (Å²) >= 11 is 2.47. The summed E-state index contributed by atoms with van der Waals surface area (Å²) in [5, 5.41) is 11.6. The van der Waals surface area contributed by atoms with Crippen LogP contribution < -0.4 is 0 Å². The Morgan fingerprint density at radius 2 is 1.33 bits per heavy atom. The first-order valence-corrected chi connectivity index (χ1v) is 42.5. The van der Waals surface area contributed by atoms with Gasteiger partial charge in [0.2, 0.25) is 0 Å². The number of fused-ring (bicyclic) bond motifs is 2. The topological polar surface area (TPSA) is 147 Å². The van der Waals surface area contributed by atoms with Gasteiger partial charge in [0.05, 0.1) is 66.6 Å². The predicted molar refractivity (Wildman–Crippen MR) is 351 cm³/mol. The van der Waals surface area contributed by atoms with Crippen LogP contribution in [0.25, 0.3) is 0 Å². The van der Waals surface area contributed by atoms with Crippen LogP contribution in [-0.2, 0) is 51.2 Å². The Labute approximate surface area is 524 Å². The van der Waals surface area contributed by atoms with Crippen LogP contribution in [0.3, 0.4) is 0 Å². The van der Waals surface area contributed by atoms with Gasteiger partial charge >= 0.3 is 5.97 Å². The number of methoxy groups -OCH3 is 1. The number of ketones is 1. The van der Waals surface area contributed by atoms with Crippen molar-refractivity contribution >= 4 is 59.3 Å². The van der Waals surface area contributed by atoms with Crippen LogP contribution in [0.4, 0.5) is 0 Å². The second-order valence-electron chi connectivity index (χ2n) is 30.9. The van der Waals surface area contributed by atoms with E-state index in [-0.39, 0.29) is 76.1 Å². The van der Waals surface area contributed by atoms with Crippen molar-refractivity contribution in [1.82, 2.24) is 0 Å². The molecular formula is C67H113IO13Si3. The maximum absolute atomic E-state index is 14.9. The zero-order valence-corrected chi connectivity index (χ0v) is 60.4. The Morgan fingerprint density at radius 1 is 0.738 bits per heavy atom. The molecule has 5 fully saturated rings. The predicted octanol–water partition coefficient (Wildman–Crippen LogP) is 15.1. The van der Waals surface area contributed by atoms with Crippen molar-refractivity contribution in [2.75, 3.05) is 11.5 Å². The molecule has 8 aliphatic heterocycles. The Kier molecular flexibility index (Phi) is 23.5. The lowest BCUT2D eigenvalue weighted by atomic mass is 9.81. The summed E-state index contributed by atoms with van der Waals surface area (Å²) < 4.78 is 73.0.